The normalized spacial score (nSPS) is 20.9. The fourth-order valence-corrected chi connectivity index (χ4v) is 4.01. The van der Waals surface area contributed by atoms with Crippen LogP contribution in [0.1, 0.15) is 6.42 Å². The first-order chi connectivity index (χ1) is 8.75. The average Bonchev–Trinajstić information content (AvgIpc) is 2.78. The molecule has 1 heterocycles. The van der Waals surface area contributed by atoms with Crippen LogP contribution in [0.2, 0.25) is 5.02 Å². The summed E-state index contributed by atoms with van der Waals surface area (Å²) in [6.07, 6.45) is -0.415. The molecule has 2 rings (SSSR count). The first kappa shape index (κ1) is 15.0. The van der Waals surface area contributed by atoms with Crippen molar-refractivity contribution in [3.63, 3.8) is 0 Å². The predicted molar refractivity (Wildman–Crippen MR) is 72.9 cm³/mol. The molecule has 0 spiro atoms. The van der Waals surface area contributed by atoms with Crippen LogP contribution in [0.3, 0.4) is 0 Å². The van der Waals surface area contributed by atoms with Gasteiger partial charge in [0.15, 0.2) is 5.82 Å². The number of sulfonamides is 1. The summed E-state index contributed by atoms with van der Waals surface area (Å²) in [4.78, 5) is -0.577. The van der Waals surface area contributed by atoms with E-state index >= 15 is 0 Å². The molecule has 1 fully saturated rings. The van der Waals surface area contributed by atoms with Crippen LogP contribution >= 0.6 is 27.5 Å². The Bertz CT molecular complexity index is 626. The highest BCUT2D eigenvalue weighted by Gasteiger charge is 2.34. The predicted octanol–water partition coefficient (Wildman–Crippen LogP) is 1.58. The van der Waals surface area contributed by atoms with Crippen molar-refractivity contribution in [3.8, 4) is 0 Å². The van der Waals surface area contributed by atoms with Crippen molar-refractivity contribution in [1.29, 1.82) is 0 Å². The monoisotopic (exact) mass is 372 g/mol. The molecule has 1 aliphatic rings. The van der Waals surface area contributed by atoms with Crippen LogP contribution in [0.5, 0.6) is 0 Å². The molecule has 5 nitrogen and oxygen atoms in total. The molecule has 0 bridgehead atoms. The molecule has 0 amide bonds. The molecule has 1 aromatic carbocycles. The van der Waals surface area contributed by atoms with E-state index in [1.54, 1.807) is 0 Å². The molecule has 1 atom stereocenters. The van der Waals surface area contributed by atoms with E-state index in [1.165, 1.54) is 0 Å². The molecule has 19 heavy (non-hydrogen) atoms. The summed E-state index contributed by atoms with van der Waals surface area (Å²) in [6.45, 7) is 0.0753. The number of aliphatic hydroxyl groups excluding tert-OH is 1. The second-order valence-electron chi connectivity index (χ2n) is 4.20. The first-order valence-corrected chi connectivity index (χ1v) is 7.97. The molecule has 0 aliphatic carbocycles. The maximum Gasteiger partial charge on any atom is 0.246 e. The number of nitrogen functional groups attached to an aromatic ring is 1. The number of aliphatic hydroxyl groups is 1. The number of nitrogens with zero attached hydrogens (tertiary/aromatic N) is 1. The van der Waals surface area contributed by atoms with E-state index in [-0.39, 0.29) is 28.3 Å². The van der Waals surface area contributed by atoms with Gasteiger partial charge in [-0.25, -0.2) is 12.8 Å². The first-order valence-electron chi connectivity index (χ1n) is 5.36. The van der Waals surface area contributed by atoms with Gasteiger partial charge in [0.1, 0.15) is 4.90 Å². The summed E-state index contributed by atoms with van der Waals surface area (Å²) in [6, 6.07) is 1.01. The van der Waals surface area contributed by atoms with E-state index < -0.39 is 26.8 Å². The number of hydrogen-bond acceptors (Lipinski definition) is 4. The van der Waals surface area contributed by atoms with E-state index in [4.69, 9.17) is 17.3 Å². The quantitative estimate of drug-likeness (QED) is 0.609. The third kappa shape index (κ3) is 2.59. The average molecular weight is 374 g/mol. The van der Waals surface area contributed by atoms with E-state index in [2.05, 4.69) is 15.9 Å². The standard InChI is InChI=1S/C10H11BrClFN2O3S/c11-8-6(12)3-7(9(13)10(8)14)19(17,18)15-2-1-5(16)4-15/h3,5,16H,1-2,4,14H2/t5-/m0/s1. The van der Waals surface area contributed by atoms with E-state index in [1.807, 2.05) is 0 Å². The number of benzene rings is 1. The Morgan fingerprint density at radius 3 is 2.74 bits per heavy atom. The van der Waals surface area contributed by atoms with E-state index in [9.17, 15) is 17.9 Å². The number of rotatable bonds is 2. The number of halogens is 3. The van der Waals surface area contributed by atoms with Crippen LogP contribution in [0.4, 0.5) is 10.1 Å². The van der Waals surface area contributed by atoms with Gasteiger partial charge in [-0.1, -0.05) is 11.6 Å². The van der Waals surface area contributed by atoms with Crippen molar-refractivity contribution in [2.24, 2.45) is 0 Å². The lowest BCUT2D eigenvalue weighted by molar-refractivity contribution is 0.189. The van der Waals surface area contributed by atoms with Gasteiger partial charge in [0, 0.05) is 13.1 Å². The highest BCUT2D eigenvalue weighted by Crippen LogP contribution is 2.36. The van der Waals surface area contributed by atoms with Gasteiger partial charge in [0.25, 0.3) is 0 Å². The Balaban J connectivity index is 2.53. The molecule has 1 aromatic rings. The molecule has 3 N–H and O–H groups in total. The van der Waals surface area contributed by atoms with Gasteiger partial charge in [-0.05, 0) is 28.4 Å². The Labute approximate surface area is 123 Å². The fourth-order valence-electron chi connectivity index (χ4n) is 1.86. The molecule has 1 aliphatic heterocycles. The van der Waals surface area contributed by atoms with Crippen LogP contribution in [-0.4, -0.2) is 37.0 Å². The molecule has 1 saturated heterocycles. The zero-order valence-electron chi connectivity index (χ0n) is 9.61. The molecule has 0 saturated carbocycles. The number of hydrogen-bond donors (Lipinski definition) is 2. The van der Waals surface area contributed by atoms with Crippen molar-refractivity contribution in [2.45, 2.75) is 17.4 Å². The zero-order chi connectivity index (χ0) is 14.4. The van der Waals surface area contributed by atoms with Crippen LogP contribution in [-0.2, 0) is 10.0 Å². The lowest BCUT2D eigenvalue weighted by Crippen LogP contribution is -2.30. The van der Waals surface area contributed by atoms with Crippen molar-refractivity contribution >= 4 is 43.2 Å². The Hall–Kier alpha value is -0.410. The lowest BCUT2D eigenvalue weighted by Gasteiger charge is -2.17. The minimum atomic E-state index is -4.05. The Kier molecular flexibility index (Phi) is 4.08. The fraction of sp³-hybridized carbons (Fsp3) is 0.400. The van der Waals surface area contributed by atoms with Crippen LogP contribution in [0.25, 0.3) is 0 Å². The highest BCUT2D eigenvalue weighted by atomic mass is 79.9. The Morgan fingerprint density at radius 1 is 1.58 bits per heavy atom. The van der Waals surface area contributed by atoms with Gasteiger partial charge in [-0.2, -0.15) is 4.31 Å². The maximum absolute atomic E-state index is 14.0. The maximum atomic E-state index is 14.0. The SMILES string of the molecule is Nc1c(F)c(S(=O)(=O)N2CC[C@H](O)C2)cc(Cl)c1Br. The van der Waals surface area contributed by atoms with Crippen molar-refractivity contribution in [1.82, 2.24) is 4.31 Å². The molecule has 0 radical (unpaired) electrons. The number of nitrogens with two attached hydrogens (primary N) is 1. The number of anilines is 1. The summed E-state index contributed by atoms with van der Waals surface area (Å²) in [5, 5.41) is 9.39. The van der Waals surface area contributed by atoms with E-state index in [0.717, 1.165) is 10.4 Å². The summed E-state index contributed by atoms with van der Waals surface area (Å²) >= 11 is 8.79. The lowest BCUT2D eigenvalue weighted by atomic mass is 10.3. The van der Waals surface area contributed by atoms with Crippen molar-refractivity contribution < 1.29 is 17.9 Å². The third-order valence-electron chi connectivity index (χ3n) is 2.90. The summed E-state index contributed by atoms with van der Waals surface area (Å²) in [5.74, 6) is -1.04. The molecule has 0 unspecified atom stereocenters. The van der Waals surface area contributed by atoms with Crippen molar-refractivity contribution in [2.75, 3.05) is 18.8 Å². The van der Waals surface area contributed by atoms with Gasteiger partial charge >= 0.3 is 0 Å². The zero-order valence-corrected chi connectivity index (χ0v) is 12.8. The molecular weight excluding hydrogens is 363 g/mol. The van der Waals surface area contributed by atoms with Crippen LogP contribution in [0, 0.1) is 5.82 Å². The van der Waals surface area contributed by atoms with Gasteiger partial charge < -0.3 is 10.8 Å². The molecule has 0 aromatic heterocycles. The topological polar surface area (TPSA) is 83.6 Å². The molecule has 106 valence electrons. The van der Waals surface area contributed by atoms with Crippen LogP contribution < -0.4 is 5.73 Å². The third-order valence-corrected chi connectivity index (χ3v) is 6.15. The van der Waals surface area contributed by atoms with Gasteiger partial charge in [-0.3, -0.25) is 0 Å². The minimum Gasteiger partial charge on any atom is -0.395 e. The second-order valence-corrected chi connectivity index (χ2v) is 7.31. The largest absolute Gasteiger partial charge is 0.395 e. The van der Waals surface area contributed by atoms with Gasteiger partial charge in [0.05, 0.1) is 21.3 Å². The smallest absolute Gasteiger partial charge is 0.246 e. The highest BCUT2D eigenvalue weighted by molar-refractivity contribution is 9.10. The van der Waals surface area contributed by atoms with E-state index in [0.29, 0.717) is 6.42 Å². The van der Waals surface area contributed by atoms with Gasteiger partial charge in [0.2, 0.25) is 10.0 Å². The second kappa shape index (κ2) is 5.17. The van der Waals surface area contributed by atoms with Gasteiger partial charge in [-0.15, -0.1) is 0 Å². The summed E-state index contributed by atoms with van der Waals surface area (Å²) < 4.78 is 39.7. The molecule has 9 heteroatoms. The number of β-amino-alcohol motifs (C(OH)–C–C–N with tert-alkyl or cyclic N) is 1. The minimum absolute atomic E-state index is 0.0113. The Morgan fingerprint density at radius 2 is 2.21 bits per heavy atom. The summed E-state index contributed by atoms with van der Waals surface area (Å²) in [7, 11) is -4.05. The van der Waals surface area contributed by atoms with Crippen molar-refractivity contribution in [3.05, 3.63) is 21.4 Å². The van der Waals surface area contributed by atoms with Crippen LogP contribution in [0.15, 0.2) is 15.4 Å². The molecular formula is C10H11BrClFN2O3S. The summed E-state index contributed by atoms with van der Waals surface area (Å²) in [5.41, 5.74) is 5.11.